The summed E-state index contributed by atoms with van der Waals surface area (Å²) in [6.45, 7) is 8.88. The molecule has 1 amide bonds. The molecule has 122 valence electrons. The smallest absolute Gasteiger partial charge is 0.226 e. The van der Waals surface area contributed by atoms with E-state index in [0.29, 0.717) is 5.91 Å². The van der Waals surface area contributed by atoms with Gasteiger partial charge in [-0.2, -0.15) is 0 Å². The molecule has 1 fully saturated rings. The number of benzene rings is 1. The fourth-order valence-electron chi connectivity index (χ4n) is 3.36. The molecule has 1 aliphatic heterocycles. The average molecular weight is 305 g/mol. The Morgan fingerprint density at radius 3 is 2.45 bits per heavy atom. The monoisotopic (exact) mass is 305 g/mol. The average Bonchev–Trinajstić information content (AvgIpc) is 2.57. The van der Waals surface area contributed by atoms with E-state index in [1.165, 1.54) is 5.56 Å². The van der Waals surface area contributed by atoms with Crippen molar-refractivity contribution in [2.75, 3.05) is 33.3 Å². The van der Waals surface area contributed by atoms with Gasteiger partial charge in [-0.15, -0.1) is 0 Å². The van der Waals surface area contributed by atoms with E-state index in [-0.39, 0.29) is 5.92 Å². The van der Waals surface area contributed by atoms with Crippen molar-refractivity contribution < 1.29 is 14.4 Å². The van der Waals surface area contributed by atoms with Crippen molar-refractivity contribution in [3.05, 3.63) is 29.8 Å². The zero-order valence-corrected chi connectivity index (χ0v) is 14.1. The van der Waals surface area contributed by atoms with Crippen molar-refractivity contribution in [1.29, 1.82) is 0 Å². The molecule has 4 nitrogen and oxygen atoms in total. The van der Waals surface area contributed by atoms with Crippen LogP contribution < -0.4 is 9.64 Å². The van der Waals surface area contributed by atoms with Crippen molar-refractivity contribution in [2.45, 2.75) is 33.2 Å². The topological polar surface area (TPSA) is 34.0 Å². The van der Waals surface area contributed by atoms with E-state index in [4.69, 9.17) is 4.74 Å². The molecule has 4 heteroatoms. The quantitative estimate of drug-likeness (QED) is 0.861. The first-order valence-electron chi connectivity index (χ1n) is 8.43. The van der Waals surface area contributed by atoms with Crippen molar-refractivity contribution in [2.24, 2.45) is 5.92 Å². The highest BCUT2D eigenvalue weighted by atomic mass is 16.5. The zero-order valence-electron chi connectivity index (χ0n) is 14.1. The number of methoxy groups -OCH3 is 1. The van der Waals surface area contributed by atoms with E-state index in [2.05, 4.69) is 26.0 Å². The van der Waals surface area contributed by atoms with Crippen LogP contribution in [0, 0.1) is 5.92 Å². The van der Waals surface area contributed by atoms with E-state index in [1.807, 2.05) is 17.0 Å². The number of hydrogen-bond acceptors (Lipinski definition) is 2. The Bertz CT molecular complexity index is 478. The molecule has 22 heavy (non-hydrogen) atoms. The second kappa shape index (κ2) is 8.18. The number of likely N-dealkylation sites (tertiary alicyclic amines) is 1. The van der Waals surface area contributed by atoms with Gasteiger partial charge in [0.1, 0.15) is 12.3 Å². The predicted molar refractivity (Wildman–Crippen MR) is 88.0 cm³/mol. The molecule has 1 saturated heterocycles. The zero-order chi connectivity index (χ0) is 15.9. The summed E-state index contributed by atoms with van der Waals surface area (Å²) >= 11 is 0. The number of ether oxygens (including phenoxy) is 1. The van der Waals surface area contributed by atoms with Gasteiger partial charge in [0.05, 0.1) is 20.2 Å². The second-order valence-corrected chi connectivity index (χ2v) is 6.02. The number of carbonyl (C=O) groups excluding carboxylic acids is 1. The van der Waals surface area contributed by atoms with Gasteiger partial charge in [0.2, 0.25) is 5.91 Å². The third-order valence-corrected chi connectivity index (χ3v) is 4.75. The molecule has 1 aromatic carbocycles. The Kier molecular flexibility index (Phi) is 6.25. The summed E-state index contributed by atoms with van der Waals surface area (Å²) in [5.41, 5.74) is 1.26. The summed E-state index contributed by atoms with van der Waals surface area (Å²) in [6.07, 6.45) is 2.00. The molecule has 0 atom stereocenters. The van der Waals surface area contributed by atoms with E-state index in [0.717, 1.165) is 51.3 Å². The van der Waals surface area contributed by atoms with E-state index < -0.39 is 0 Å². The van der Waals surface area contributed by atoms with Crippen LogP contribution in [0.5, 0.6) is 5.75 Å². The van der Waals surface area contributed by atoms with Crippen LogP contribution in [-0.4, -0.2) is 44.1 Å². The highest BCUT2D eigenvalue weighted by molar-refractivity contribution is 5.78. The summed E-state index contributed by atoms with van der Waals surface area (Å²) in [7, 11) is 1.73. The molecule has 2 rings (SSSR count). The molecule has 0 unspecified atom stereocenters. The Hall–Kier alpha value is -1.55. The van der Waals surface area contributed by atoms with Crippen LogP contribution >= 0.6 is 0 Å². The molecule has 0 saturated carbocycles. The lowest BCUT2D eigenvalue weighted by Gasteiger charge is -2.31. The van der Waals surface area contributed by atoms with Gasteiger partial charge >= 0.3 is 0 Å². The summed E-state index contributed by atoms with van der Waals surface area (Å²) in [4.78, 5) is 15.9. The number of quaternary nitrogens is 1. The van der Waals surface area contributed by atoms with E-state index >= 15 is 0 Å². The molecule has 1 heterocycles. The van der Waals surface area contributed by atoms with Gasteiger partial charge in [-0.1, -0.05) is 12.1 Å². The number of piperidine rings is 1. The largest absolute Gasteiger partial charge is 0.496 e. The van der Waals surface area contributed by atoms with Crippen LogP contribution in [0.4, 0.5) is 0 Å². The molecule has 0 spiro atoms. The number of carbonyl (C=O) groups is 1. The number of nitrogens with zero attached hydrogens (tertiary/aromatic N) is 1. The molecule has 0 bridgehead atoms. The maximum Gasteiger partial charge on any atom is 0.226 e. The third-order valence-electron chi connectivity index (χ3n) is 4.75. The minimum atomic E-state index is 0.223. The van der Waals surface area contributed by atoms with Crippen LogP contribution in [0.15, 0.2) is 24.3 Å². The molecule has 1 aliphatic rings. The lowest BCUT2D eigenvalue weighted by atomic mass is 9.95. The predicted octanol–water partition coefficient (Wildman–Crippen LogP) is 1.36. The summed E-state index contributed by atoms with van der Waals surface area (Å²) in [6, 6.07) is 8.23. The molecular formula is C18H29N2O2+. The van der Waals surface area contributed by atoms with Gasteiger partial charge in [-0.05, 0) is 26.0 Å². The number of nitrogens with one attached hydrogen (secondary N) is 1. The number of hydrogen-bond donors (Lipinski definition) is 1. The normalized spacial score (nSPS) is 21.4. The fraction of sp³-hybridized carbons (Fsp3) is 0.611. The fourth-order valence-corrected chi connectivity index (χ4v) is 3.36. The number of para-hydroxylation sites is 1. The molecule has 1 aromatic rings. The summed E-state index contributed by atoms with van der Waals surface area (Å²) in [5, 5.41) is 0. The standard InChI is InChI=1S/C18H28N2O2/c1-4-20(5-2)18(21)15-10-12-19(13-11-15)14-16-8-6-7-9-17(16)22-3/h6-9,15H,4-5,10-14H2,1-3H3/p+1. The summed E-state index contributed by atoms with van der Waals surface area (Å²) < 4.78 is 5.43. The Labute approximate surface area is 134 Å². The van der Waals surface area contributed by atoms with Crippen LogP contribution in [0.2, 0.25) is 0 Å². The Balaban J connectivity index is 1.88. The van der Waals surface area contributed by atoms with Crippen LogP contribution in [0.1, 0.15) is 32.3 Å². The Morgan fingerprint density at radius 1 is 1.23 bits per heavy atom. The third kappa shape index (κ3) is 4.01. The van der Waals surface area contributed by atoms with E-state index in [9.17, 15) is 4.79 Å². The molecule has 1 N–H and O–H groups in total. The van der Waals surface area contributed by atoms with Crippen LogP contribution in [0.25, 0.3) is 0 Å². The number of amides is 1. The van der Waals surface area contributed by atoms with Gasteiger partial charge in [-0.3, -0.25) is 4.79 Å². The Morgan fingerprint density at radius 2 is 1.86 bits per heavy atom. The first-order valence-corrected chi connectivity index (χ1v) is 8.43. The summed E-state index contributed by atoms with van der Waals surface area (Å²) in [5.74, 6) is 1.54. The van der Waals surface area contributed by atoms with Crippen molar-refractivity contribution in [1.82, 2.24) is 4.90 Å². The van der Waals surface area contributed by atoms with Crippen molar-refractivity contribution in [3.63, 3.8) is 0 Å². The van der Waals surface area contributed by atoms with E-state index in [1.54, 1.807) is 12.0 Å². The van der Waals surface area contributed by atoms with Gasteiger partial charge in [0, 0.05) is 37.4 Å². The van der Waals surface area contributed by atoms with Gasteiger partial charge < -0.3 is 14.5 Å². The van der Waals surface area contributed by atoms with Crippen molar-refractivity contribution >= 4 is 5.91 Å². The first-order chi connectivity index (χ1) is 10.7. The maximum absolute atomic E-state index is 12.4. The lowest BCUT2D eigenvalue weighted by molar-refractivity contribution is -0.919. The second-order valence-electron chi connectivity index (χ2n) is 6.02. The lowest BCUT2D eigenvalue weighted by Crippen LogP contribution is -3.11. The molecule has 0 radical (unpaired) electrons. The SMILES string of the molecule is CCN(CC)C(=O)C1CC[NH+](Cc2ccccc2OC)CC1. The number of rotatable bonds is 6. The molecule has 0 aliphatic carbocycles. The van der Waals surface area contributed by atoms with Gasteiger partial charge in [0.15, 0.2) is 0 Å². The van der Waals surface area contributed by atoms with Gasteiger partial charge in [0.25, 0.3) is 0 Å². The van der Waals surface area contributed by atoms with Crippen molar-refractivity contribution in [3.8, 4) is 5.75 Å². The van der Waals surface area contributed by atoms with Crippen LogP contribution in [-0.2, 0) is 11.3 Å². The highest BCUT2D eigenvalue weighted by Crippen LogP contribution is 2.17. The first kappa shape index (κ1) is 16.8. The minimum absolute atomic E-state index is 0.223. The highest BCUT2D eigenvalue weighted by Gasteiger charge is 2.29. The van der Waals surface area contributed by atoms with Gasteiger partial charge in [-0.25, -0.2) is 0 Å². The minimum Gasteiger partial charge on any atom is -0.496 e. The maximum atomic E-state index is 12.4. The molecule has 0 aromatic heterocycles. The molecular weight excluding hydrogens is 276 g/mol. The van der Waals surface area contributed by atoms with Crippen LogP contribution in [0.3, 0.4) is 0 Å².